The molecule has 0 N–H and O–H groups in total. The monoisotopic (exact) mass is 325 g/mol. The van der Waals surface area contributed by atoms with E-state index in [4.69, 9.17) is 9.47 Å². The zero-order valence-corrected chi connectivity index (χ0v) is 14.5. The summed E-state index contributed by atoms with van der Waals surface area (Å²) in [6.07, 6.45) is 3.96. The molecular weight excluding hydrogens is 298 g/mol. The first-order valence-corrected chi connectivity index (χ1v) is 8.93. The topological polar surface area (TPSA) is 21.7 Å². The first-order valence-electron chi connectivity index (χ1n) is 8.93. The molecule has 0 saturated carbocycles. The highest BCUT2D eigenvalue weighted by Gasteiger charge is 2.19. The molecule has 0 aromatic heterocycles. The molecular formula is C21H27NO2. The van der Waals surface area contributed by atoms with Gasteiger partial charge in [0.05, 0.1) is 0 Å². The quantitative estimate of drug-likeness (QED) is 0.757. The number of para-hydroxylation sites is 1. The fourth-order valence-corrected chi connectivity index (χ4v) is 3.07. The lowest BCUT2D eigenvalue weighted by Gasteiger charge is -2.30. The summed E-state index contributed by atoms with van der Waals surface area (Å²) in [6, 6.07) is 18.2. The zero-order chi connectivity index (χ0) is 16.6. The molecule has 1 atom stereocenters. The predicted octanol–water partition coefficient (Wildman–Crippen LogP) is 4.31. The highest BCUT2D eigenvalue weighted by molar-refractivity contribution is 5.26. The number of aryl methyl sites for hydroxylation is 1. The molecule has 0 bridgehead atoms. The summed E-state index contributed by atoms with van der Waals surface area (Å²) in [5.41, 5.74) is 1.25. The third kappa shape index (κ3) is 5.27. The number of hydrogen-bond acceptors (Lipinski definition) is 3. The van der Waals surface area contributed by atoms with E-state index in [-0.39, 0.29) is 6.10 Å². The van der Waals surface area contributed by atoms with Crippen LogP contribution in [0.15, 0.2) is 54.6 Å². The Bertz CT molecular complexity index is 591. The number of ether oxygens (including phenoxy) is 2. The van der Waals surface area contributed by atoms with E-state index in [1.54, 1.807) is 0 Å². The second-order valence-electron chi connectivity index (χ2n) is 6.54. The Morgan fingerprint density at radius 2 is 1.58 bits per heavy atom. The molecule has 1 fully saturated rings. The number of likely N-dealkylation sites (tertiary alicyclic amines) is 1. The Morgan fingerprint density at radius 1 is 0.875 bits per heavy atom. The molecule has 0 radical (unpaired) electrons. The van der Waals surface area contributed by atoms with Gasteiger partial charge in [-0.3, -0.25) is 4.90 Å². The number of piperidine rings is 1. The zero-order valence-electron chi connectivity index (χ0n) is 14.5. The lowest BCUT2D eigenvalue weighted by molar-refractivity contribution is 0.0786. The maximum absolute atomic E-state index is 6.23. The van der Waals surface area contributed by atoms with Crippen LogP contribution in [-0.4, -0.2) is 37.2 Å². The summed E-state index contributed by atoms with van der Waals surface area (Å²) in [6.45, 7) is 5.90. The first-order chi connectivity index (χ1) is 11.8. The normalized spacial score (nSPS) is 16.5. The van der Waals surface area contributed by atoms with Gasteiger partial charge in [-0.2, -0.15) is 0 Å². The Balaban J connectivity index is 1.61. The summed E-state index contributed by atoms with van der Waals surface area (Å²) in [5.74, 6) is 1.81. The van der Waals surface area contributed by atoms with Crippen LogP contribution in [0.25, 0.3) is 0 Å². The van der Waals surface area contributed by atoms with Crippen molar-refractivity contribution in [3.63, 3.8) is 0 Å². The van der Waals surface area contributed by atoms with Crippen LogP contribution in [0.3, 0.4) is 0 Å². The lowest BCUT2D eigenvalue weighted by Crippen LogP contribution is -2.41. The minimum absolute atomic E-state index is 0.0333. The number of rotatable bonds is 7. The standard InChI is InChI=1S/C21H27NO2/c1-18-10-12-20(13-11-18)24-21(16-22-14-6-3-7-15-22)17-23-19-8-4-2-5-9-19/h2,4-5,8-13,21H,3,6-7,14-17H2,1H3. The van der Waals surface area contributed by atoms with E-state index in [1.807, 2.05) is 42.5 Å². The molecule has 0 spiro atoms. The van der Waals surface area contributed by atoms with Crippen LogP contribution in [0.4, 0.5) is 0 Å². The molecule has 1 aliphatic heterocycles. The largest absolute Gasteiger partial charge is 0.490 e. The maximum Gasteiger partial charge on any atom is 0.145 e. The van der Waals surface area contributed by atoms with Crippen LogP contribution in [0.2, 0.25) is 0 Å². The molecule has 3 nitrogen and oxygen atoms in total. The molecule has 0 aliphatic carbocycles. The fourth-order valence-electron chi connectivity index (χ4n) is 3.07. The molecule has 1 saturated heterocycles. The van der Waals surface area contributed by atoms with Crippen molar-refractivity contribution in [1.29, 1.82) is 0 Å². The highest BCUT2D eigenvalue weighted by Crippen LogP contribution is 2.17. The van der Waals surface area contributed by atoms with Gasteiger partial charge in [-0.25, -0.2) is 0 Å². The van der Waals surface area contributed by atoms with Gasteiger partial charge in [0.1, 0.15) is 24.2 Å². The summed E-state index contributed by atoms with van der Waals surface area (Å²) in [7, 11) is 0. The molecule has 2 aromatic carbocycles. The summed E-state index contributed by atoms with van der Waals surface area (Å²) >= 11 is 0. The van der Waals surface area contributed by atoms with Gasteiger partial charge in [-0.15, -0.1) is 0 Å². The summed E-state index contributed by atoms with van der Waals surface area (Å²) in [5, 5.41) is 0. The maximum atomic E-state index is 6.23. The fraction of sp³-hybridized carbons (Fsp3) is 0.429. The van der Waals surface area contributed by atoms with E-state index in [0.29, 0.717) is 6.61 Å². The van der Waals surface area contributed by atoms with Crippen molar-refractivity contribution in [3.8, 4) is 11.5 Å². The minimum Gasteiger partial charge on any atom is -0.490 e. The third-order valence-electron chi connectivity index (χ3n) is 4.41. The van der Waals surface area contributed by atoms with Crippen LogP contribution in [0.1, 0.15) is 24.8 Å². The Kier molecular flexibility index (Phi) is 6.13. The van der Waals surface area contributed by atoms with Gasteiger partial charge < -0.3 is 9.47 Å². The number of hydrogen-bond donors (Lipinski definition) is 0. The van der Waals surface area contributed by atoms with Crippen molar-refractivity contribution in [1.82, 2.24) is 4.90 Å². The van der Waals surface area contributed by atoms with Gasteiger partial charge in [0, 0.05) is 6.54 Å². The van der Waals surface area contributed by atoms with Crippen molar-refractivity contribution in [2.24, 2.45) is 0 Å². The highest BCUT2D eigenvalue weighted by atomic mass is 16.5. The van der Waals surface area contributed by atoms with Gasteiger partial charge in [0.25, 0.3) is 0 Å². The molecule has 128 valence electrons. The van der Waals surface area contributed by atoms with Gasteiger partial charge >= 0.3 is 0 Å². The third-order valence-corrected chi connectivity index (χ3v) is 4.41. The van der Waals surface area contributed by atoms with Gasteiger partial charge in [0.2, 0.25) is 0 Å². The van der Waals surface area contributed by atoms with Crippen molar-refractivity contribution in [3.05, 3.63) is 60.2 Å². The van der Waals surface area contributed by atoms with Crippen molar-refractivity contribution in [2.45, 2.75) is 32.3 Å². The Morgan fingerprint density at radius 3 is 2.29 bits per heavy atom. The lowest BCUT2D eigenvalue weighted by atomic mass is 10.1. The Labute approximate surface area is 145 Å². The van der Waals surface area contributed by atoms with Crippen LogP contribution >= 0.6 is 0 Å². The average molecular weight is 325 g/mol. The van der Waals surface area contributed by atoms with Crippen LogP contribution in [0, 0.1) is 6.92 Å². The molecule has 1 heterocycles. The van der Waals surface area contributed by atoms with Crippen molar-refractivity contribution < 1.29 is 9.47 Å². The predicted molar refractivity (Wildman–Crippen MR) is 97.8 cm³/mol. The molecule has 2 aromatic rings. The molecule has 1 aliphatic rings. The van der Waals surface area contributed by atoms with Crippen LogP contribution in [-0.2, 0) is 0 Å². The molecule has 24 heavy (non-hydrogen) atoms. The van der Waals surface area contributed by atoms with Crippen LogP contribution < -0.4 is 9.47 Å². The van der Waals surface area contributed by atoms with Gasteiger partial charge in [-0.1, -0.05) is 42.3 Å². The van der Waals surface area contributed by atoms with E-state index < -0.39 is 0 Å². The summed E-state index contributed by atoms with van der Waals surface area (Å²) < 4.78 is 12.2. The van der Waals surface area contributed by atoms with Gasteiger partial charge in [0.15, 0.2) is 0 Å². The Hall–Kier alpha value is -2.00. The van der Waals surface area contributed by atoms with E-state index in [2.05, 4.69) is 24.0 Å². The molecule has 0 amide bonds. The molecule has 1 unspecified atom stereocenters. The first kappa shape index (κ1) is 16.8. The van der Waals surface area contributed by atoms with Crippen LogP contribution in [0.5, 0.6) is 11.5 Å². The van der Waals surface area contributed by atoms with E-state index in [0.717, 1.165) is 18.0 Å². The van der Waals surface area contributed by atoms with E-state index in [1.165, 1.54) is 37.9 Å². The molecule has 3 heteroatoms. The second-order valence-corrected chi connectivity index (χ2v) is 6.54. The van der Waals surface area contributed by atoms with Crippen molar-refractivity contribution >= 4 is 0 Å². The van der Waals surface area contributed by atoms with E-state index >= 15 is 0 Å². The number of nitrogens with zero attached hydrogens (tertiary/aromatic N) is 1. The minimum atomic E-state index is 0.0333. The van der Waals surface area contributed by atoms with Crippen molar-refractivity contribution in [2.75, 3.05) is 26.2 Å². The van der Waals surface area contributed by atoms with Gasteiger partial charge in [-0.05, 0) is 57.1 Å². The SMILES string of the molecule is Cc1ccc(OC(COc2ccccc2)CN2CCCCC2)cc1. The molecule has 3 rings (SSSR count). The van der Waals surface area contributed by atoms with E-state index in [9.17, 15) is 0 Å². The summed E-state index contributed by atoms with van der Waals surface area (Å²) in [4.78, 5) is 2.50. The second kappa shape index (κ2) is 8.74. The number of benzene rings is 2. The smallest absolute Gasteiger partial charge is 0.145 e. The average Bonchev–Trinajstić information content (AvgIpc) is 2.63.